The van der Waals surface area contributed by atoms with Crippen molar-refractivity contribution < 1.29 is 76.9 Å². The van der Waals surface area contributed by atoms with Crippen LogP contribution in [-0.4, -0.2) is 93.2 Å². The topological polar surface area (TPSA) is 335 Å². The molecule has 0 aromatic rings. The molecule has 1 saturated carbocycles. The lowest BCUT2D eigenvalue weighted by Crippen LogP contribution is -2.64. The zero-order chi connectivity index (χ0) is 48.2. The molecule has 9 atom stereocenters. The highest BCUT2D eigenvalue weighted by molar-refractivity contribution is 7.46. The van der Waals surface area contributed by atoms with Crippen LogP contribution in [0.5, 0.6) is 0 Å². The van der Waals surface area contributed by atoms with Crippen molar-refractivity contribution in [2.75, 3.05) is 13.2 Å². The molecule has 1 fully saturated rings. The number of hydrogen-bond donors (Lipinski definition) is 7. The second kappa shape index (κ2) is 41.6. The summed E-state index contributed by atoms with van der Waals surface area (Å²) in [5, 5.41) is 41.3. The molecule has 4 unspecified atom stereocenters. The van der Waals surface area contributed by atoms with Crippen LogP contribution < -0.4 is 22.1 Å². The summed E-state index contributed by atoms with van der Waals surface area (Å²) in [4.78, 5) is 58.3. The molecule has 0 heterocycles. The Labute approximate surface area is 401 Å². The van der Waals surface area contributed by atoms with Gasteiger partial charge in [0.05, 0.1) is 6.61 Å². The lowest BCUT2D eigenvalue weighted by molar-refractivity contribution is -0.271. The van der Waals surface area contributed by atoms with Gasteiger partial charge in [-0.05, 0) is 51.4 Å². The summed E-state index contributed by atoms with van der Waals surface area (Å²) in [5.41, 5.74) is 0. The minimum absolute atomic E-state index is 0. The first kappa shape index (κ1) is 67.0. The number of unbranched alkanes of at least 4 members (excludes halogenated alkanes) is 18. The van der Waals surface area contributed by atoms with Crippen molar-refractivity contribution in [3.05, 3.63) is 48.6 Å². The lowest BCUT2D eigenvalue weighted by Gasteiger charge is -2.45. The highest BCUT2D eigenvalue weighted by Crippen LogP contribution is 2.45. The largest absolute Gasteiger partial charge is 0.756 e. The van der Waals surface area contributed by atoms with Crippen molar-refractivity contribution >= 4 is 27.6 Å². The van der Waals surface area contributed by atoms with E-state index in [1.54, 1.807) is 0 Å². The molecule has 0 radical (unpaired) electrons. The highest BCUT2D eigenvalue weighted by Gasteiger charge is 2.52. The summed E-state index contributed by atoms with van der Waals surface area (Å²) >= 11 is 0. The maximum absolute atomic E-state index is 12.8. The Morgan fingerprint density at radius 1 is 0.522 bits per heavy atom. The van der Waals surface area contributed by atoms with Crippen LogP contribution in [-0.2, 0) is 41.8 Å². The molecule has 1 aliphatic carbocycles. The summed E-state index contributed by atoms with van der Waals surface area (Å²) in [6.07, 6.45) is 27.2. The van der Waals surface area contributed by atoms with Crippen molar-refractivity contribution in [1.29, 1.82) is 0 Å². The Hall–Kier alpha value is -2.12. The Bertz CT molecular complexity index is 1450. The van der Waals surface area contributed by atoms with Gasteiger partial charge in [0, 0.05) is 12.8 Å². The van der Waals surface area contributed by atoms with Gasteiger partial charge in [0.2, 0.25) is 0 Å². The molecule has 0 amide bonds. The van der Waals surface area contributed by atoms with Gasteiger partial charge in [0.15, 0.2) is 6.10 Å². The summed E-state index contributed by atoms with van der Waals surface area (Å²) in [7, 11) is -11.1. The van der Waals surface area contributed by atoms with E-state index in [1.165, 1.54) is 83.5 Å². The summed E-state index contributed by atoms with van der Waals surface area (Å²) in [6, 6.07) is 0. The van der Waals surface area contributed by atoms with Gasteiger partial charge in [-0.15, -0.1) is 0 Å². The van der Waals surface area contributed by atoms with Crippen LogP contribution in [0.1, 0.15) is 181 Å². The maximum atomic E-state index is 12.8. The molecule has 394 valence electrons. The average molecular weight is 1000 g/mol. The van der Waals surface area contributed by atoms with E-state index in [9.17, 15) is 48.9 Å². The molecule has 18 nitrogen and oxygen atoms in total. The fourth-order valence-corrected chi connectivity index (χ4v) is 8.64. The summed E-state index contributed by atoms with van der Waals surface area (Å²) in [6.45, 7) is 2.96. The number of esters is 2. The van der Waals surface area contributed by atoms with Gasteiger partial charge >= 0.3 is 11.9 Å². The Morgan fingerprint density at radius 3 is 1.34 bits per heavy atom. The van der Waals surface area contributed by atoms with Crippen LogP contribution >= 0.6 is 15.6 Å². The first-order chi connectivity index (χ1) is 31.1. The van der Waals surface area contributed by atoms with E-state index >= 15 is 0 Å². The first-order valence-corrected chi connectivity index (χ1v) is 27.1. The van der Waals surface area contributed by atoms with Gasteiger partial charge in [-0.2, -0.15) is 0 Å². The predicted octanol–water partition coefficient (Wildman–Crippen LogP) is 8.77. The van der Waals surface area contributed by atoms with Crippen LogP contribution in [0.25, 0.3) is 0 Å². The zero-order valence-corrected chi connectivity index (χ0v) is 42.9. The second-order valence-electron chi connectivity index (χ2n) is 16.8. The van der Waals surface area contributed by atoms with Crippen LogP contribution in [0, 0.1) is 0 Å². The minimum atomic E-state index is -5.58. The van der Waals surface area contributed by atoms with Gasteiger partial charge < -0.3 is 70.5 Å². The van der Waals surface area contributed by atoms with Crippen LogP contribution in [0.2, 0.25) is 0 Å². The molecule has 0 bridgehead atoms. The standard InChI is InChI=1S/C47H84O16P2.2H3N/c1-3-5-7-9-11-13-15-17-19-20-22-24-26-28-30-32-34-36-41(49)61-39(37-59-40(48)35-33-31-29-27-25-23-21-18-16-14-12-10-8-6-4-2)38-60-65(57,58)63-47-44(52)42(50)46(43(51)45(47)53)62-64(54,55)56;;/h11,13,17,19,22,24,28,30,39,42-47,50-53H,3-10,12,14-16,18,20-21,23,25-27,29,31-38H2,1-2H3,(H,57,58)(H2,54,55,56);2*1H3/t39-,42-,43+,44-,45-,46?,47?;;/m1../s1. The van der Waals surface area contributed by atoms with E-state index in [-0.39, 0.29) is 25.1 Å². The van der Waals surface area contributed by atoms with Gasteiger partial charge in [-0.25, -0.2) is 0 Å². The fourth-order valence-electron chi connectivity index (χ4n) is 7.12. The van der Waals surface area contributed by atoms with E-state index in [1.807, 2.05) is 12.2 Å². The number of hydrogen-bond acceptors (Lipinski definition) is 15. The SMILES string of the molecule is CCCCCC=CCC=CCC=CCC=CCCCC(=O)O[C@H](COC(=O)CCCCCCCCCCCCCCCCC)COP(=O)([O-])OC1[C@H](O)[C@H](O)C(OP(=O)([O-])O)[C@H](O)[C@H]1O.[NH4+].[NH4+]. The Morgan fingerprint density at radius 2 is 0.896 bits per heavy atom. The Balaban J connectivity index is 0. The molecule has 1 rings (SSSR count). The third-order valence-electron chi connectivity index (χ3n) is 10.9. The third-order valence-corrected chi connectivity index (χ3v) is 12.4. The van der Waals surface area contributed by atoms with E-state index in [0.717, 1.165) is 51.4 Å². The number of carbonyl (C=O) groups is 2. The van der Waals surface area contributed by atoms with E-state index in [4.69, 9.17) is 23.4 Å². The molecule has 0 aromatic heterocycles. The summed E-state index contributed by atoms with van der Waals surface area (Å²) < 4.78 is 48.4. The minimum Gasteiger partial charge on any atom is -0.756 e. The molecular formula is C47H90N2O16P2. The second-order valence-corrected chi connectivity index (χ2v) is 19.3. The molecule has 13 N–H and O–H groups in total. The fraction of sp³-hybridized carbons (Fsp3) is 0.787. The number of rotatable bonds is 40. The molecule has 0 aromatic carbocycles. The third kappa shape index (κ3) is 35.6. The van der Waals surface area contributed by atoms with Crippen LogP contribution in [0.15, 0.2) is 48.6 Å². The number of ether oxygens (including phenoxy) is 2. The number of quaternary nitrogens is 2. The predicted molar refractivity (Wildman–Crippen MR) is 258 cm³/mol. The van der Waals surface area contributed by atoms with Crippen molar-refractivity contribution in [1.82, 2.24) is 12.3 Å². The zero-order valence-electron chi connectivity index (χ0n) is 41.1. The molecular weight excluding hydrogens is 910 g/mol. The number of allylic oxidation sites excluding steroid dienone is 8. The Kier molecular flexibility index (Phi) is 41.6. The number of phosphoric ester groups is 2. The van der Waals surface area contributed by atoms with Crippen molar-refractivity contribution in [2.45, 2.75) is 224 Å². The normalized spacial score (nSPS) is 22.1. The number of carbonyl (C=O) groups excluding carboxylic acids is 2. The molecule has 0 spiro atoms. The summed E-state index contributed by atoms with van der Waals surface area (Å²) in [5.74, 6) is -1.30. The molecule has 0 aliphatic heterocycles. The molecule has 20 heteroatoms. The monoisotopic (exact) mass is 1000 g/mol. The lowest BCUT2D eigenvalue weighted by atomic mass is 9.85. The van der Waals surface area contributed by atoms with E-state index in [0.29, 0.717) is 19.3 Å². The maximum Gasteiger partial charge on any atom is 0.306 e. The van der Waals surface area contributed by atoms with Gasteiger partial charge in [0.1, 0.15) is 43.2 Å². The molecule has 0 saturated heterocycles. The number of phosphoric acid groups is 2. The van der Waals surface area contributed by atoms with Gasteiger partial charge in [-0.3, -0.25) is 18.7 Å². The van der Waals surface area contributed by atoms with E-state index < -0.39 is 83.5 Å². The smallest absolute Gasteiger partial charge is 0.306 e. The van der Waals surface area contributed by atoms with Crippen molar-refractivity contribution in [3.8, 4) is 0 Å². The quantitative estimate of drug-likeness (QED) is 0.0130. The van der Waals surface area contributed by atoms with Crippen molar-refractivity contribution in [3.63, 3.8) is 0 Å². The average Bonchev–Trinajstić information content (AvgIpc) is 3.26. The van der Waals surface area contributed by atoms with Crippen LogP contribution in [0.4, 0.5) is 0 Å². The van der Waals surface area contributed by atoms with E-state index in [2.05, 4.69) is 54.8 Å². The molecule has 67 heavy (non-hydrogen) atoms. The molecule has 1 aliphatic rings. The first-order valence-electron chi connectivity index (χ1n) is 24.1. The highest BCUT2D eigenvalue weighted by atomic mass is 31.2. The van der Waals surface area contributed by atoms with Gasteiger partial charge in [-0.1, -0.05) is 165 Å². The van der Waals surface area contributed by atoms with Crippen molar-refractivity contribution in [2.24, 2.45) is 0 Å². The number of aliphatic hydroxyl groups is 4. The van der Waals surface area contributed by atoms with Crippen LogP contribution in [0.3, 0.4) is 0 Å². The number of aliphatic hydroxyl groups excluding tert-OH is 4. The van der Waals surface area contributed by atoms with Gasteiger partial charge in [0.25, 0.3) is 15.6 Å².